The molecule has 0 spiro atoms. The third-order valence-electron chi connectivity index (χ3n) is 3.99. The Morgan fingerprint density at radius 2 is 2.25 bits per heavy atom. The summed E-state index contributed by atoms with van der Waals surface area (Å²) in [4.78, 5) is 14.1. The van der Waals surface area contributed by atoms with Crippen molar-refractivity contribution in [2.45, 2.75) is 33.1 Å². The lowest BCUT2D eigenvalue weighted by molar-refractivity contribution is 0.208. The van der Waals surface area contributed by atoms with E-state index in [1.165, 1.54) is 0 Å². The Labute approximate surface area is 120 Å². The molecule has 0 saturated carbocycles. The molecule has 1 atom stereocenters. The van der Waals surface area contributed by atoms with Crippen molar-refractivity contribution in [2.75, 3.05) is 25.0 Å². The first-order chi connectivity index (χ1) is 9.52. The quantitative estimate of drug-likeness (QED) is 0.891. The third kappa shape index (κ3) is 3.12. The fourth-order valence-electron chi connectivity index (χ4n) is 2.69. The van der Waals surface area contributed by atoms with Crippen molar-refractivity contribution < 1.29 is 9.90 Å². The van der Waals surface area contributed by atoms with Crippen LogP contribution in [0.5, 0.6) is 0 Å². The average molecular weight is 276 g/mol. The van der Waals surface area contributed by atoms with Gasteiger partial charge in [-0.3, -0.25) is 0 Å². The maximum atomic E-state index is 12.3. The van der Waals surface area contributed by atoms with E-state index in [0.717, 1.165) is 29.8 Å². The Balaban J connectivity index is 2.12. The minimum Gasteiger partial charge on any atom is -0.396 e. The van der Waals surface area contributed by atoms with Gasteiger partial charge < -0.3 is 15.3 Å². The van der Waals surface area contributed by atoms with Crippen molar-refractivity contribution in [3.8, 4) is 0 Å². The number of urea groups is 1. The number of aryl methyl sites for hydroxylation is 1. The van der Waals surface area contributed by atoms with E-state index in [2.05, 4.69) is 25.2 Å². The number of carbonyl (C=O) groups excluding carboxylic acids is 1. The fourth-order valence-corrected chi connectivity index (χ4v) is 2.69. The molecule has 1 aliphatic rings. The summed E-state index contributed by atoms with van der Waals surface area (Å²) >= 11 is 0. The maximum absolute atomic E-state index is 12.3. The Kier molecular flexibility index (Phi) is 4.65. The van der Waals surface area contributed by atoms with Gasteiger partial charge in [0.2, 0.25) is 0 Å². The lowest BCUT2D eigenvalue weighted by atomic mass is 9.98. The van der Waals surface area contributed by atoms with Crippen LogP contribution in [-0.4, -0.2) is 35.7 Å². The molecule has 1 fully saturated rings. The van der Waals surface area contributed by atoms with Crippen molar-refractivity contribution in [3.63, 3.8) is 0 Å². The van der Waals surface area contributed by atoms with Crippen LogP contribution in [0.1, 0.15) is 37.3 Å². The summed E-state index contributed by atoms with van der Waals surface area (Å²) in [6, 6.07) is 6.05. The Morgan fingerprint density at radius 3 is 2.85 bits per heavy atom. The van der Waals surface area contributed by atoms with Gasteiger partial charge in [-0.2, -0.15) is 0 Å². The standard InChI is InChI=1S/C16H24N2O2/c1-11(2)14-6-4-5-12(3)15(14)17-16(20)18-8-7-13(9-18)10-19/h4-6,11,13,19H,7-10H2,1-3H3,(H,17,20). The zero-order valence-corrected chi connectivity index (χ0v) is 12.5. The number of aliphatic hydroxyl groups excluding tert-OH is 1. The number of anilines is 1. The number of hydrogen-bond acceptors (Lipinski definition) is 2. The van der Waals surface area contributed by atoms with E-state index in [-0.39, 0.29) is 18.6 Å². The molecule has 0 aliphatic carbocycles. The smallest absolute Gasteiger partial charge is 0.321 e. The zero-order chi connectivity index (χ0) is 14.7. The lowest BCUT2D eigenvalue weighted by Gasteiger charge is -2.21. The summed E-state index contributed by atoms with van der Waals surface area (Å²) in [5.74, 6) is 0.594. The van der Waals surface area contributed by atoms with Crippen molar-refractivity contribution in [1.29, 1.82) is 0 Å². The number of amides is 2. The van der Waals surface area contributed by atoms with E-state index in [0.29, 0.717) is 12.5 Å². The molecule has 0 aromatic heterocycles. The Hall–Kier alpha value is -1.55. The predicted octanol–water partition coefficient (Wildman–Crippen LogP) is 2.96. The second-order valence-electron chi connectivity index (χ2n) is 5.91. The van der Waals surface area contributed by atoms with Crippen LogP contribution in [0.25, 0.3) is 0 Å². The summed E-state index contributed by atoms with van der Waals surface area (Å²) in [5, 5.41) is 12.2. The van der Waals surface area contributed by atoms with E-state index in [9.17, 15) is 4.79 Å². The summed E-state index contributed by atoms with van der Waals surface area (Å²) < 4.78 is 0. The van der Waals surface area contributed by atoms with Crippen LogP contribution in [0.3, 0.4) is 0 Å². The van der Waals surface area contributed by atoms with Crippen LogP contribution in [-0.2, 0) is 0 Å². The van der Waals surface area contributed by atoms with Gasteiger partial charge in [-0.25, -0.2) is 4.79 Å². The van der Waals surface area contributed by atoms with E-state index in [1.807, 2.05) is 19.1 Å². The molecule has 1 heterocycles. The number of benzene rings is 1. The van der Waals surface area contributed by atoms with Crippen LogP contribution in [0.15, 0.2) is 18.2 Å². The van der Waals surface area contributed by atoms with Crippen LogP contribution in [0.4, 0.5) is 10.5 Å². The first-order valence-electron chi connectivity index (χ1n) is 7.29. The molecule has 0 radical (unpaired) electrons. The van der Waals surface area contributed by atoms with Crippen molar-refractivity contribution in [3.05, 3.63) is 29.3 Å². The number of rotatable bonds is 3. The molecule has 1 unspecified atom stereocenters. The Bertz CT molecular complexity index is 485. The molecule has 110 valence electrons. The minimum atomic E-state index is -0.0582. The van der Waals surface area contributed by atoms with Crippen LogP contribution in [0, 0.1) is 12.8 Å². The fraction of sp³-hybridized carbons (Fsp3) is 0.562. The van der Waals surface area contributed by atoms with Crippen LogP contribution >= 0.6 is 0 Å². The lowest BCUT2D eigenvalue weighted by Crippen LogP contribution is -2.33. The molecule has 1 aromatic rings. The first-order valence-corrected chi connectivity index (χ1v) is 7.29. The highest BCUT2D eigenvalue weighted by Gasteiger charge is 2.26. The second-order valence-corrected chi connectivity index (χ2v) is 5.91. The normalized spacial score (nSPS) is 18.6. The highest BCUT2D eigenvalue weighted by molar-refractivity contribution is 5.91. The summed E-state index contributed by atoms with van der Waals surface area (Å²) in [7, 11) is 0. The molecule has 1 aromatic carbocycles. The molecule has 2 rings (SSSR count). The minimum absolute atomic E-state index is 0.0582. The van der Waals surface area contributed by atoms with E-state index in [4.69, 9.17) is 5.11 Å². The number of nitrogens with zero attached hydrogens (tertiary/aromatic N) is 1. The van der Waals surface area contributed by atoms with Crippen LogP contribution in [0.2, 0.25) is 0 Å². The maximum Gasteiger partial charge on any atom is 0.321 e. The zero-order valence-electron chi connectivity index (χ0n) is 12.5. The number of aliphatic hydroxyl groups is 1. The van der Waals surface area contributed by atoms with Gasteiger partial charge in [0.25, 0.3) is 0 Å². The number of para-hydroxylation sites is 1. The van der Waals surface area contributed by atoms with E-state index in [1.54, 1.807) is 4.90 Å². The van der Waals surface area contributed by atoms with Crippen LogP contribution < -0.4 is 5.32 Å². The van der Waals surface area contributed by atoms with Crippen molar-refractivity contribution in [1.82, 2.24) is 4.90 Å². The molecule has 0 bridgehead atoms. The molecule has 2 N–H and O–H groups in total. The molecule has 4 heteroatoms. The first kappa shape index (κ1) is 14.9. The van der Waals surface area contributed by atoms with Gasteiger partial charge in [0.15, 0.2) is 0 Å². The summed E-state index contributed by atoms with van der Waals surface area (Å²) in [6.07, 6.45) is 0.884. The average Bonchev–Trinajstić information content (AvgIpc) is 2.89. The number of likely N-dealkylation sites (tertiary alicyclic amines) is 1. The topological polar surface area (TPSA) is 52.6 Å². The highest BCUT2D eigenvalue weighted by Crippen LogP contribution is 2.28. The largest absolute Gasteiger partial charge is 0.396 e. The number of hydrogen-bond donors (Lipinski definition) is 2. The highest BCUT2D eigenvalue weighted by atomic mass is 16.3. The summed E-state index contributed by atoms with van der Waals surface area (Å²) in [6.45, 7) is 7.79. The van der Waals surface area contributed by atoms with Gasteiger partial charge in [0, 0.05) is 31.3 Å². The monoisotopic (exact) mass is 276 g/mol. The van der Waals surface area contributed by atoms with Gasteiger partial charge in [0.05, 0.1) is 0 Å². The second kappa shape index (κ2) is 6.27. The molecule has 20 heavy (non-hydrogen) atoms. The molecular formula is C16H24N2O2. The Morgan fingerprint density at radius 1 is 1.50 bits per heavy atom. The van der Waals surface area contributed by atoms with Gasteiger partial charge in [-0.05, 0) is 30.4 Å². The van der Waals surface area contributed by atoms with Gasteiger partial charge in [0.1, 0.15) is 0 Å². The van der Waals surface area contributed by atoms with Crippen molar-refractivity contribution in [2.24, 2.45) is 5.92 Å². The molecule has 4 nitrogen and oxygen atoms in total. The van der Waals surface area contributed by atoms with Gasteiger partial charge >= 0.3 is 6.03 Å². The van der Waals surface area contributed by atoms with Crippen molar-refractivity contribution >= 4 is 11.7 Å². The third-order valence-corrected chi connectivity index (χ3v) is 3.99. The van der Waals surface area contributed by atoms with E-state index >= 15 is 0 Å². The predicted molar refractivity (Wildman–Crippen MR) is 81.1 cm³/mol. The molecular weight excluding hydrogens is 252 g/mol. The molecule has 2 amide bonds. The van der Waals surface area contributed by atoms with Gasteiger partial charge in [-0.1, -0.05) is 32.0 Å². The molecule has 1 saturated heterocycles. The van der Waals surface area contributed by atoms with E-state index < -0.39 is 0 Å². The SMILES string of the molecule is Cc1cccc(C(C)C)c1NC(=O)N1CCC(CO)C1. The summed E-state index contributed by atoms with van der Waals surface area (Å²) in [5.41, 5.74) is 3.18. The number of nitrogens with one attached hydrogen (secondary N) is 1. The van der Waals surface area contributed by atoms with Gasteiger partial charge in [-0.15, -0.1) is 0 Å². The molecule has 1 aliphatic heterocycles. The number of carbonyl (C=O) groups is 1.